The molecule has 2 aromatic rings. The Labute approximate surface area is 104 Å². The summed E-state index contributed by atoms with van der Waals surface area (Å²) in [6, 6.07) is 13.8. The molecule has 0 aliphatic heterocycles. The number of para-hydroxylation sites is 2. The van der Waals surface area contributed by atoms with Crippen LogP contribution in [-0.2, 0) is 11.2 Å². The van der Waals surface area contributed by atoms with Gasteiger partial charge in [0.25, 0.3) is 0 Å². The van der Waals surface area contributed by atoms with E-state index in [1.54, 1.807) is 30.3 Å². The van der Waals surface area contributed by atoms with E-state index in [0.29, 0.717) is 11.3 Å². The van der Waals surface area contributed by atoms with Gasteiger partial charge in [0.05, 0.1) is 6.42 Å². The van der Waals surface area contributed by atoms with Gasteiger partial charge in [-0.25, -0.2) is 0 Å². The molecule has 0 radical (unpaired) electrons. The molecule has 0 aliphatic rings. The van der Waals surface area contributed by atoms with Gasteiger partial charge in [-0.05, 0) is 18.2 Å². The molecule has 0 fully saturated rings. The summed E-state index contributed by atoms with van der Waals surface area (Å²) in [6.07, 6.45) is -0.238. The van der Waals surface area contributed by atoms with E-state index >= 15 is 0 Å². The number of hydrogen-bond donors (Lipinski definition) is 2. The van der Waals surface area contributed by atoms with Crippen molar-refractivity contribution in [2.75, 3.05) is 0 Å². The molecule has 4 nitrogen and oxygen atoms in total. The number of phenolic OH excluding ortho intramolecular Hbond substituents is 1. The fourth-order valence-corrected chi connectivity index (χ4v) is 1.57. The first-order chi connectivity index (χ1) is 8.66. The van der Waals surface area contributed by atoms with Crippen LogP contribution >= 0.6 is 0 Å². The summed E-state index contributed by atoms with van der Waals surface area (Å²) in [4.78, 5) is 10.6. The predicted octanol–water partition coefficient (Wildman–Crippen LogP) is 2.81. The maximum atomic E-state index is 10.6. The number of aromatic hydroxyl groups is 1. The van der Waals surface area contributed by atoms with Crippen molar-refractivity contribution in [3.8, 4) is 17.2 Å². The Morgan fingerprint density at radius 2 is 1.78 bits per heavy atom. The van der Waals surface area contributed by atoms with Gasteiger partial charge in [-0.3, -0.25) is 4.79 Å². The highest BCUT2D eigenvalue weighted by Crippen LogP contribution is 2.33. The molecule has 2 rings (SSSR count). The summed E-state index contributed by atoms with van der Waals surface area (Å²) in [5, 5.41) is 18.6. The Hall–Kier alpha value is -2.49. The first-order valence-corrected chi connectivity index (χ1v) is 5.42. The zero-order valence-electron chi connectivity index (χ0n) is 9.54. The summed E-state index contributed by atoms with van der Waals surface area (Å²) in [5.74, 6) is -0.300. The third-order valence-electron chi connectivity index (χ3n) is 2.40. The van der Waals surface area contributed by atoms with Crippen LogP contribution in [0.5, 0.6) is 17.2 Å². The zero-order valence-corrected chi connectivity index (χ0v) is 9.54. The molecule has 2 N–H and O–H groups in total. The van der Waals surface area contributed by atoms with Crippen molar-refractivity contribution >= 4 is 5.97 Å². The largest absolute Gasteiger partial charge is 0.504 e. The van der Waals surface area contributed by atoms with Crippen molar-refractivity contribution < 1.29 is 19.7 Å². The molecule has 18 heavy (non-hydrogen) atoms. The van der Waals surface area contributed by atoms with Gasteiger partial charge >= 0.3 is 5.97 Å². The lowest BCUT2D eigenvalue weighted by molar-refractivity contribution is -0.136. The molecule has 0 aromatic heterocycles. The van der Waals surface area contributed by atoms with Gasteiger partial charge < -0.3 is 14.9 Å². The minimum atomic E-state index is -0.998. The van der Waals surface area contributed by atoms with Crippen LogP contribution in [0.2, 0.25) is 0 Å². The van der Waals surface area contributed by atoms with E-state index in [4.69, 9.17) is 9.84 Å². The van der Waals surface area contributed by atoms with Crippen molar-refractivity contribution in [2.24, 2.45) is 0 Å². The topological polar surface area (TPSA) is 66.8 Å². The molecular formula is C14H12O4. The number of benzene rings is 2. The molecule has 0 atom stereocenters. The third-order valence-corrected chi connectivity index (χ3v) is 2.40. The highest BCUT2D eigenvalue weighted by Gasteiger charge is 2.11. The van der Waals surface area contributed by atoms with E-state index in [9.17, 15) is 9.90 Å². The van der Waals surface area contributed by atoms with Crippen LogP contribution in [-0.4, -0.2) is 16.2 Å². The molecule has 92 valence electrons. The van der Waals surface area contributed by atoms with Gasteiger partial charge in [-0.2, -0.15) is 0 Å². The van der Waals surface area contributed by atoms with Crippen LogP contribution in [0.15, 0.2) is 48.5 Å². The van der Waals surface area contributed by atoms with Gasteiger partial charge in [0.1, 0.15) is 5.75 Å². The predicted molar refractivity (Wildman–Crippen MR) is 66.0 cm³/mol. The molecule has 0 unspecified atom stereocenters. The van der Waals surface area contributed by atoms with Crippen molar-refractivity contribution in [3.05, 3.63) is 54.1 Å². The number of ether oxygens (including phenoxy) is 1. The highest BCUT2D eigenvalue weighted by molar-refractivity contribution is 5.72. The quantitative estimate of drug-likeness (QED) is 0.867. The second kappa shape index (κ2) is 5.23. The summed E-state index contributed by atoms with van der Waals surface area (Å²) in [5.41, 5.74) is 0.330. The monoisotopic (exact) mass is 244 g/mol. The van der Waals surface area contributed by atoms with Crippen molar-refractivity contribution in [3.63, 3.8) is 0 Å². The molecule has 0 amide bonds. The summed E-state index contributed by atoms with van der Waals surface area (Å²) in [7, 11) is 0. The van der Waals surface area contributed by atoms with Gasteiger partial charge in [-0.1, -0.05) is 30.3 Å². The Balaban J connectivity index is 2.26. The molecule has 2 aromatic carbocycles. The number of carboxylic acid groups (broad SMARTS) is 1. The van der Waals surface area contributed by atoms with Crippen LogP contribution in [0, 0.1) is 0 Å². The zero-order chi connectivity index (χ0) is 13.0. The Morgan fingerprint density at radius 1 is 1.06 bits per heavy atom. The maximum absolute atomic E-state index is 10.6. The number of rotatable bonds is 4. The third kappa shape index (κ3) is 2.79. The normalized spacial score (nSPS) is 10.0. The number of aliphatic carboxylic acids is 1. The summed E-state index contributed by atoms with van der Waals surface area (Å²) >= 11 is 0. The minimum Gasteiger partial charge on any atom is -0.504 e. The van der Waals surface area contributed by atoms with Crippen molar-refractivity contribution in [1.82, 2.24) is 0 Å². The van der Waals surface area contributed by atoms with Crippen molar-refractivity contribution in [2.45, 2.75) is 6.42 Å². The van der Waals surface area contributed by atoms with E-state index in [0.717, 1.165) is 0 Å². The average Bonchev–Trinajstić information content (AvgIpc) is 2.35. The molecule has 0 heterocycles. The summed E-state index contributed by atoms with van der Waals surface area (Å²) in [6.45, 7) is 0. The molecule has 0 spiro atoms. The Morgan fingerprint density at radius 3 is 2.44 bits per heavy atom. The number of carboxylic acids is 1. The molecule has 0 bridgehead atoms. The standard InChI is InChI=1S/C14H12O4/c15-13(16)9-10-5-4-8-12(14(10)17)18-11-6-2-1-3-7-11/h1-8,17H,9H2,(H,15,16). The van der Waals surface area contributed by atoms with Crippen LogP contribution < -0.4 is 4.74 Å². The van der Waals surface area contributed by atoms with Gasteiger partial charge in [-0.15, -0.1) is 0 Å². The first-order valence-electron chi connectivity index (χ1n) is 5.42. The molecule has 0 aliphatic carbocycles. The second-order valence-corrected chi connectivity index (χ2v) is 3.75. The maximum Gasteiger partial charge on any atom is 0.307 e. The molecule has 0 saturated heterocycles. The number of phenols is 1. The van der Waals surface area contributed by atoms with E-state index < -0.39 is 5.97 Å². The molecule has 4 heteroatoms. The van der Waals surface area contributed by atoms with Gasteiger partial charge in [0, 0.05) is 5.56 Å². The highest BCUT2D eigenvalue weighted by atomic mass is 16.5. The van der Waals surface area contributed by atoms with E-state index in [1.807, 2.05) is 18.2 Å². The van der Waals surface area contributed by atoms with Crippen molar-refractivity contribution in [1.29, 1.82) is 0 Å². The lowest BCUT2D eigenvalue weighted by Crippen LogP contribution is -2.00. The van der Waals surface area contributed by atoms with Crippen LogP contribution in [0.3, 0.4) is 0 Å². The second-order valence-electron chi connectivity index (χ2n) is 3.75. The number of carbonyl (C=O) groups is 1. The van der Waals surface area contributed by atoms with Crippen LogP contribution in [0.1, 0.15) is 5.56 Å². The Bertz CT molecular complexity index is 549. The molecule has 0 saturated carbocycles. The van der Waals surface area contributed by atoms with E-state index in [2.05, 4.69) is 0 Å². The lowest BCUT2D eigenvalue weighted by atomic mass is 10.1. The van der Waals surface area contributed by atoms with E-state index in [1.165, 1.54) is 0 Å². The first kappa shape index (κ1) is 12.0. The lowest BCUT2D eigenvalue weighted by Gasteiger charge is -2.09. The minimum absolute atomic E-state index is 0.135. The average molecular weight is 244 g/mol. The fourth-order valence-electron chi connectivity index (χ4n) is 1.57. The van der Waals surface area contributed by atoms with Crippen LogP contribution in [0.4, 0.5) is 0 Å². The van der Waals surface area contributed by atoms with Gasteiger partial charge in [0.15, 0.2) is 11.5 Å². The smallest absolute Gasteiger partial charge is 0.307 e. The molecular weight excluding hydrogens is 232 g/mol. The SMILES string of the molecule is O=C(O)Cc1cccc(Oc2ccccc2)c1O. The van der Waals surface area contributed by atoms with Gasteiger partial charge in [0.2, 0.25) is 0 Å². The summed E-state index contributed by atoms with van der Waals surface area (Å²) < 4.78 is 5.49. The van der Waals surface area contributed by atoms with Crippen LogP contribution in [0.25, 0.3) is 0 Å². The fraction of sp³-hybridized carbons (Fsp3) is 0.0714. The number of hydrogen-bond acceptors (Lipinski definition) is 3. The van der Waals surface area contributed by atoms with E-state index in [-0.39, 0.29) is 17.9 Å². The Kier molecular flexibility index (Phi) is 3.48.